The summed E-state index contributed by atoms with van der Waals surface area (Å²) in [6.07, 6.45) is 0.228. The van der Waals surface area contributed by atoms with Crippen molar-refractivity contribution in [2.45, 2.75) is 40.2 Å². The van der Waals surface area contributed by atoms with Crippen LogP contribution in [-0.4, -0.2) is 36.2 Å². The van der Waals surface area contributed by atoms with Crippen molar-refractivity contribution in [2.24, 2.45) is 5.73 Å². The quantitative estimate of drug-likeness (QED) is 0.535. The summed E-state index contributed by atoms with van der Waals surface area (Å²) in [4.78, 5) is 21.0. The van der Waals surface area contributed by atoms with Crippen LogP contribution in [0.2, 0.25) is 0 Å². The first kappa shape index (κ1) is 21.4. The number of nitrogens with zero attached hydrogens (tertiary/aromatic N) is 1. The molecule has 7 nitrogen and oxygen atoms in total. The molecule has 0 radical (unpaired) electrons. The Bertz CT molecular complexity index is 609. The molecule has 132 valence electrons. The summed E-state index contributed by atoms with van der Waals surface area (Å²) in [6.45, 7) is 7.69. The van der Waals surface area contributed by atoms with Crippen molar-refractivity contribution in [1.82, 2.24) is 0 Å². The predicted octanol–water partition coefficient (Wildman–Crippen LogP) is 1.90. The molecule has 0 saturated carbocycles. The van der Waals surface area contributed by atoms with E-state index < -0.39 is 18.0 Å². The fourth-order valence-electron chi connectivity index (χ4n) is 1.75. The smallest absolute Gasteiger partial charge is 0.325 e. The number of nitrogens with two attached hydrogens (primary N) is 1. The van der Waals surface area contributed by atoms with Gasteiger partial charge in [-0.1, -0.05) is 6.07 Å². The predicted molar refractivity (Wildman–Crippen MR) is 91.6 cm³/mol. The number of rotatable bonds is 6. The monoisotopic (exact) mass is 335 g/mol. The van der Waals surface area contributed by atoms with Crippen molar-refractivity contribution in [1.29, 1.82) is 5.26 Å². The van der Waals surface area contributed by atoms with Gasteiger partial charge in [-0.3, -0.25) is 9.59 Å². The number of ether oxygens (including phenoxy) is 1. The maximum Gasteiger partial charge on any atom is 0.325 e. The van der Waals surface area contributed by atoms with E-state index in [9.17, 15) is 9.59 Å². The zero-order valence-corrected chi connectivity index (χ0v) is 14.5. The number of anilines is 1. The van der Waals surface area contributed by atoms with Gasteiger partial charge in [0.1, 0.15) is 12.6 Å². The van der Waals surface area contributed by atoms with Crippen molar-refractivity contribution >= 4 is 17.6 Å². The molecule has 7 heteroatoms. The number of carbonyl (C=O) groups excluding carboxylic acids is 1. The fraction of sp³-hybridized carbons (Fsp3) is 0.471. The minimum Gasteiger partial charge on any atom is -0.480 e. The number of aryl methyl sites for hydroxylation is 2. The van der Waals surface area contributed by atoms with E-state index in [4.69, 9.17) is 16.1 Å². The summed E-state index contributed by atoms with van der Waals surface area (Å²) >= 11 is 0. The van der Waals surface area contributed by atoms with Gasteiger partial charge >= 0.3 is 11.9 Å². The molecular weight excluding hydrogens is 310 g/mol. The number of nitriles is 1. The summed E-state index contributed by atoms with van der Waals surface area (Å²) in [5, 5.41) is 19.8. The van der Waals surface area contributed by atoms with Gasteiger partial charge in [-0.15, -0.1) is 0 Å². The third kappa shape index (κ3) is 8.15. The maximum absolute atomic E-state index is 10.7. The molecule has 0 bridgehead atoms. The highest BCUT2D eigenvalue weighted by molar-refractivity contribution is 5.77. The molecular formula is C17H25N3O4. The van der Waals surface area contributed by atoms with Gasteiger partial charge in [0.2, 0.25) is 0 Å². The second-order valence-electron chi connectivity index (χ2n) is 5.29. The normalized spacial score (nSPS) is 10.7. The van der Waals surface area contributed by atoms with Crippen molar-refractivity contribution in [3.63, 3.8) is 0 Å². The van der Waals surface area contributed by atoms with E-state index in [2.05, 4.69) is 16.1 Å². The minimum atomic E-state index is -0.839. The second-order valence-corrected chi connectivity index (χ2v) is 5.29. The van der Waals surface area contributed by atoms with Crippen LogP contribution in [0.25, 0.3) is 0 Å². The number of carboxylic acids is 1. The van der Waals surface area contributed by atoms with Crippen LogP contribution in [-0.2, 0) is 14.3 Å². The van der Waals surface area contributed by atoms with Crippen LogP contribution in [0.5, 0.6) is 0 Å². The zero-order valence-electron chi connectivity index (χ0n) is 14.5. The lowest BCUT2D eigenvalue weighted by Crippen LogP contribution is -2.25. The van der Waals surface area contributed by atoms with Gasteiger partial charge in [0, 0.05) is 5.69 Å². The standard InChI is InChI=1S/C12H17NO2.C5H8N2O2/c1-7-5-8(2)9(3)11(6-7)13-10(4)12(14)15;6-2-1-3-9-5(8)4-7/h5-6,10,13H,1-4H3,(H,14,15);1,3-4,7H2/t10-;/m0./s1. The van der Waals surface area contributed by atoms with Gasteiger partial charge < -0.3 is 20.9 Å². The molecule has 1 atom stereocenters. The van der Waals surface area contributed by atoms with Crippen LogP contribution in [0, 0.1) is 32.1 Å². The zero-order chi connectivity index (χ0) is 18.7. The summed E-state index contributed by atoms with van der Waals surface area (Å²) < 4.78 is 4.45. The molecule has 1 aromatic rings. The maximum atomic E-state index is 10.7. The van der Waals surface area contributed by atoms with E-state index in [0.717, 1.165) is 16.8 Å². The van der Waals surface area contributed by atoms with Crippen LogP contribution in [0.4, 0.5) is 5.69 Å². The van der Waals surface area contributed by atoms with E-state index >= 15 is 0 Å². The molecule has 24 heavy (non-hydrogen) atoms. The van der Waals surface area contributed by atoms with E-state index in [1.54, 1.807) is 6.92 Å². The first-order valence-corrected chi connectivity index (χ1v) is 7.52. The molecule has 0 fully saturated rings. The number of nitrogens with one attached hydrogen (secondary N) is 1. The van der Waals surface area contributed by atoms with Gasteiger partial charge in [-0.25, -0.2) is 0 Å². The fourth-order valence-corrected chi connectivity index (χ4v) is 1.75. The lowest BCUT2D eigenvalue weighted by Gasteiger charge is -2.15. The van der Waals surface area contributed by atoms with E-state index in [0.29, 0.717) is 0 Å². The Kier molecular flexibility index (Phi) is 9.83. The van der Waals surface area contributed by atoms with E-state index in [1.807, 2.05) is 32.9 Å². The Hall–Kier alpha value is -2.59. The number of aliphatic carboxylic acids is 1. The first-order valence-electron chi connectivity index (χ1n) is 7.52. The number of hydrogen-bond acceptors (Lipinski definition) is 6. The Morgan fingerprint density at radius 1 is 1.38 bits per heavy atom. The minimum absolute atomic E-state index is 0.120. The van der Waals surface area contributed by atoms with Gasteiger partial charge in [-0.05, 0) is 50.5 Å². The van der Waals surface area contributed by atoms with Crippen molar-refractivity contribution < 1.29 is 19.4 Å². The number of benzene rings is 1. The Morgan fingerprint density at radius 3 is 2.50 bits per heavy atom. The Labute approximate surface area is 142 Å². The highest BCUT2D eigenvalue weighted by Crippen LogP contribution is 2.21. The number of esters is 1. The SMILES string of the molecule is Cc1cc(C)c(C)c(N[C@@H](C)C(=O)O)c1.N#CCCOC(=O)CN. The van der Waals surface area contributed by atoms with Crippen LogP contribution >= 0.6 is 0 Å². The summed E-state index contributed by atoms with van der Waals surface area (Å²) in [6, 6.07) is 5.33. The molecule has 0 aliphatic heterocycles. The van der Waals surface area contributed by atoms with Crippen LogP contribution in [0.3, 0.4) is 0 Å². The molecule has 4 N–H and O–H groups in total. The van der Waals surface area contributed by atoms with Crippen molar-refractivity contribution in [3.8, 4) is 6.07 Å². The molecule has 0 heterocycles. The molecule has 0 aromatic heterocycles. The van der Waals surface area contributed by atoms with E-state index in [1.165, 1.54) is 5.56 Å². The van der Waals surface area contributed by atoms with Crippen LogP contribution in [0.1, 0.15) is 30.0 Å². The molecule has 0 unspecified atom stereocenters. The lowest BCUT2D eigenvalue weighted by atomic mass is 10.0. The van der Waals surface area contributed by atoms with Crippen LogP contribution < -0.4 is 11.1 Å². The molecule has 0 aliphatic rings. The average molecular weight is 335 g/mol. The molecule has 1 aromatic carbocycles. The van der Waals surface area contributed by atoms with Crippen molar-refractivity contribution in [3.05, 3.63) is 28.8 Å². The first-order chi connectivity index (χ1) is 11.2. The second kappa shape index (κ2) is 11.0. The summed E-state index contributed by atoms with van der Waals surface area (Å²) in [5.41, 5.74) is 9.22. The Morgan fingerprint density at radius 2 is 2.00 bits per heavy atom. The molecule has 1 rings (SSSR count). The molecule has 0 aliphatic carbocycles. The number of carbonyl (C=O) groups is 2. The van der Waals surface area contributed by atoms with Gasteiger partial charge in [0.05, 0.1) is 19.0 Å². The van der Waals surface area contributed by atoms with Gasteiger partial charge in [0.15, 0.2) is 0 Å². The molecule has 0 amide bonds. The number of hydrogen-bond donors (Lipinski definition) is 3. The van der Waals surface area contributed by atoms with E-state index in [-0.39, 0.29) is 19.6 Å². The third-order valence-electron chi connectivity index (χ3n) is 3.20. The molecule has 0 spiro atoms. The topological polar surface area (TPSA) is 125 Å². The summed E-state index contributed by atoms with van der Waals surface area (Å²) in [5.74, 6) is -1.31. The average Bonchev–Trinajstić information content (AvgIpc) is 2.52. The summed E-state index contributed by atoms with van der Waals surface area (Å²) in [7, 11) is 0. The largest absolute Gasteiger partial charge is 0.480 e. The van der Waals surface area contributed by atoms with Crippen LogP contribution in [0.15, 0.2) is 12.1 Å². The third-order valence-corrected chi connectivity index (χ3v) is 3.20. The highest BCUT2D eigenvalue weighted by Gasteiger charge is 2.12. The lowest BCUT2D eigenvalue weighted by molar-refractivity contribution is -0.141. The van der Waals surface area contributed by atoms with Crippen molar-refractivity contribution in [2.75, 3.05) is 18.5 Å². The highest BCUT2D eigenvalue weighted by atomic mass is 16.5. The van der Waals surface area contributed by atoms with Gasteiger partial charge in [0.25, 0.3) is 0 Å². The van der Waals surface area contributed by atoms with Gasteiger partial charge in [-0.2, -0.15) is 5.26 Å². The molecule has 0 saturated heterocycles. The number of carboxylic acid groups (broad SMARTS) is 1. The Balaban J connectivity index is 0.000000506.